The lowest BCUT2D eigenvalue weighted by Crippen LogP contribution is -2.15. The van der Waals surface area contributed by atoms with Crippen LogP contribution < -0.4 is 5.73 Å². The van der Waals surface area contributed by atoms with Gasteiger partial charge in [0.25, 0.3) is 0 Å². The maximum absolute atomic E-state index is 11.1. The van der Waals surface area contributed by atoms with Crippen LogP contribution in [0.1, 0.15) is 49.4 Å². The molecule has 0 aliphatic carbocycles. The minimum Gasteiger partial charge on any atom is -0.469 e. The van der Waals surface area contributed by atoms with Crippen LogP contribution in [0.15, 0.2) is 18.2 Å². The second-order valence-corrected chi connectivity index (χ2v) is 4.46. The Balaban J connectivity index is 2.82. The lowest BCUT2D eigenvalue weighted by atomic mass is 9.93. The van der Waals surface area contributed by atoms with Crippen molar-refractivity contribution in [3.05, 3.63) is 34.9 Å². The third-order valence-corrected chi connectivity index (χ3v) is 3.29. The predicted octanol–water partition coefficient (Wildman–Crippen LogP) is 2.76. The molecule has 0 heterocycles. The maximum Gasteiger partial charge on any atom is 0.305 e. The molecular formula is C15H23NO2. The van der Waals surface area contributed by atoms with Crippen molar-refractivity contribution >= 4 is 5.97 Å². The maximum atomic E-state index is 11.1. The van der Waals surface area contributed by atoms with Crippen LogP contribution in [0.5, 0.6) is 0 Å². The third-order valence-electron chi connectivity index (χ3n) is 3.29. The summed E-state index contributed by atoms with van der Waals surface area (Å²) in [7, 11) is 1.41. The van der Waals surface area contributed by atoms with Gasteiger partial charge in [0.2, 0.25) is 0 Å². The number of ether oxygens (including phenoxy) is 1. The van der Waals surface area contributed by atoms with Crippen molar-refractivity contribution in [2.75, 3.05) is 7.11 Å². The van der Waals surface area contributed by atoms with Crippen molar-refractivity contribution in [3.8, 4) is 0 Å². The molecule has 0 saturated heterocycles. The van der Waals surface area contributed by atoms with Crippen molar-refractivity contribution in [1.29, 1.82) is 0 Å². The normalized spacial score (nSPS) is 12.2. The molecule has 0 aromatic heterocycles. The molecule has 0 fully saturated rings. The van der Waals surface area contributed by atoms with Crippen LogP contribution in [0.4, 0.5) is 0 Å². The topological polar surface area (TPSA) is 52.3 Å². The Kier molecular flexibility index (Phi) is 5.86. The fourth-order valence-corrected chi connectivity index (χ4v) is 2.06. The van der Waals surface area contributed by atoms with Gasteiger partial charge in [0, 0.05) is 12.5 Å². The summed E-state index contributed by atoms with van der Waals surface area (Å²) in [5.41, 5.74) is 9.91. The fraction of sp³-hybridized carbons (Fsp3) is 0.533. The first-order valence-electron chi connectivity index (χ1n) is 6.56. The van der Waals surface area contributed by atoms with Gasteiger partial charge < -0.3 is 10.5 Å². The molecule has 1 aromatic carbocycles. The number of aryl methyl sites for hydroxylation is 2. The lowest BCUT2D eigenvalue weighted by molar-refractivity contribution is -0.140. The van der Waals surface area contributed by atoms with Gasteiger partial charge >= 0.3 is 5.97 Å². The van der Waals surface area contributed by atoms with Crippen LogP contribution in [0, 0.1) is 0 Å². The zero-order chi connectivity index (χ0) is 13.5. The van der Waals surface area contributed by atoms with E-state index in [9.17, 15) is 4.79 Å². The van der Waals surface area contributed by atoms with Gasteiger partial charge in [-0.15, -0.1) is 0 Å². The Bertz CT molecular complexity index is 401. The molecule has 0 saturated carbocycles. The molecule has 0 bridgehead atoms. The van der Waals surface area contributed by atoms with E-state index in [1.54, 1.807) is 0 Å². The Labute approximate surface area is 109 Å². The van der Waals surface area contributed by atoms with Crippen LogP contribution in [0.3, 0.4) is 0 Å². The van der Waals surface area contributed by atoms with Crippen molar-refractivity contribution in [2.24, 2.45) is 5.73 Å². The van der Waals surface area contributed by atoms with E-state index >= 15 is 0 Å². The monoisotopic (exact) mass is 249 g/mol. The second kappa shape index (κ2) is 7.17. The molecule has 1 atom stereocenters. The Morgan fingerprint density at radius 3 is 2.61 bits per heavy atom. The molecule has 0 radical (unpaired) electrons. The van der Waals surface area contributed by atoms with E-state index in [0.29, 0.717) is 12.8 Å². The van der Waals surface area contributed by atoms with Gasteiger partial charge in [-0.1, -0.05) is 32.0 Å². The first-order chi connectivity index (χ1) is 8.62. The van der Waals surface area contributed by atoms with Gasteiger partial charge in [0.1, 0.15) is 0 Å². The second-order valence-electron chi connectivity index (χ2n) is 4.46. The van der Waals surface area contributed by atoms with Crippen LogP contribution in [-0.4, -0.2) is 13.1 Å². The molecule has 0 spiro atoms. The number of hydrogen-bond acceptors (Lipinski definition) is 3. The molecule has 3 nitrogen and oxygen atoms in total. The van der Waals surface area contributed by atoms with Crippen molar-refractivity contribution < 1.29 is 9.53 Å². The van der Waals surface area contributed by atoms with E-state index in [-0.39, 0.29) is 12.0 Å². The van der Waals surface area contributed by atoms with E-state index in [2.05, 4.69) is 36.8 Å². The van der Waals surface area contributed by atoms with Crippen LogP contribution in [0.2, 0.25) is 0 Å². The van der Waals surface area contributed by atoms with Gasteiger partial charge in [-0.25, -0.2) is 0 Å². The Morgan fingerprint density at radius 2 is 2.06 bits per heavy atom. The van der Waals surface area contributed by atoms with Crippen molar-refractivity contribution in [3.63, 3.8) is 0 Å². The summed E-state index contributed by atoms with van der Waals surface area (Å²) in [6.07, 6.45) is 2.97. The molecule has 18 heavy (non-hydrogen) atoms. The van der Waals surface area contributed by atoms with E-state index in [0.717, 1.165) is 12.8 Å². The highest BCUT2D eigenvalue weighted by molar-refractivity contribution is 5.69. The standard InChI is InChI=1S/C15H23NO2/c1-4-11-6-7-12(5-2)13(10-11)14(16)8-9-15(17)18-3/h6-7,10,14H,4-5,8-9,16H2,1-3H3. The summed E-state index contributed by atoms with van der Waals surface area (Å²) in [5, 5.41) is 0. The summed E-state index contributed by atoms with van der Waals surface area (Å²) >= 11 is 0. The quantitative estimate of drug-likeness (QED) is 0.789. The third kappa shape index (κ3) is 3.84. The first-order valence-corrected chi connectivity index (χ1v) is 6.56. The van der Waals surface area contributed by atoms with Crippen LogP contribution >= 0.6 is 0 Å². The number of benzene rings is 1. The van der Waals surface area contributed by atoms with Crippen molar-refractivity contribution in [1.82, 2.24) is 0 Å². The zero-order valence-electron chi connectivity index (χ0n) is 11.5. The summed E-state index contributed by atoms with van der Waals surface area (Å²) in [6.45, 7) is 4.25. The fourth-order valence-electron chi connectivity index (χ4n) is 2.06. The van der Waals surface area contributed by atoms with E-state index in [1.165, 1.54) is 23.8 Å². The molecule has 100 valence electrons. The molecule has 3 heteroatoms. The minimum atomic E-state index is -0.199. The number of carbonyl (C=O) groups is 1. The summed E-state index contributed by atoms with van der Waals surface area (Å²) in [5.74, 6) is -0.199. The number of methoxy groups -OCH3 is 1. The Hall–Kier alpha value is -1.35. The Morgan fingerprint density at radius 1 is 1.33 bits per heavy atom. The highest BCUT2D eigenvalue weighted by Crippen LogP contribution is 2.23. The van der Waals surface area contributed by atoms with Gasteiger partial charge in [-0.3, -0.25) is 4.79 Å². The molecule has 1 rings (SSSR count). The summed E-state index contributed by atoms with van der Waals surface area (Å²) in [6, 6.07) is 6.37. The molecule has 0 amide bonds. The molecule has 2 N–H and O–H groups in total. The average Bonchev–Trinajstić information content (AvgIpc) is 2.43. The summed E-state index contributed by atoms with van der Waals surface area (Å²) < 4.78 is 4.64. The van der Waals surface area contributed by atoms with Gasteiger partial charge in [0.15, 0.2) is 0 Å². The number of hydrogen-bond donors (Lipinski definition) is 1. The molecule has 1 unspecified atom stereocenters. The first kappa shape index (κ1) is 14.7. The minimum absolute atomic E-state index is 0.0921. The van der Waals surface area contributed by atoms with E-state index in [1.807, 2.05) is 0 Å². The van der Waals surface area contributed by atoms with E-state index in [4.69, 9.17) is 5.73 Å². The van der Waals surface area contributed by atoms with Crippen LogP contribution in [0.25, 0.3) is 0 Å². The molecular weight excluding hydrogens is 226 g/mol. The zero-order valence-corrected chi connectivity index (χ0v) is 11.5. The molecule has 1 aromatic rings. The molecule has 0 aliphatic heterocycles. The smallest absolute Gasteiger partial charge is 0.305 e. The summed E-state index contributed by atoms with van der Waals surface area (Å²) in [4.78, 5) is 11.1. The van der Waals surface area contributed by atoms with Gasteiger partial charge in [-0.2, -0.15) is 0 Å². The lowest BCUT2D eigenvalue weighted by Gasteiger charge is -2.16. The molecule has 0 aliphatic rings. The SMILES string of the molecule is CCc1ccc(CC)c(C(N)CCC(=O)OC)c1. The number of nitrogens with two attached hydrogens (primary N) is 1. The highest BCUT2D eigenvalue weighted by Gasteiger charge is 2.13. The number of rotatable bonds is 6. The number of carbonyl (C=O) groups excluding carboxylic acids is 1. The van der Waals surface area contributed by atoms with Gasteiger partial charge in [0.05, 0.1) is 7.11 Å². The average molecular weight is 249 g/mol. The van der Waals surface area contributed by atoms with Crippen LogP contribution in [-0.2, 0) is 22.4 Å². The predicted molar refractivity (Wildman–Crippen MR) is 73.4 cm³/mol. The van der Waals surface area contributed by atoms with E-state index < -0.39 is 0 Å². The van der Waals surface area contributed by atoms with Gasteiger partial charge in [-0.05, 0) is 36.0 Å². The number of esters is 1. The highest BCUT2D eigenvalue weighted by atomic mass is 16.5. The largest absolute Gasteiger partial charge is 0.469 e. The van der Waals surface area contributed by atoms with Crippen molar-refractivity contribution in [2.45, 2.75) is 45.6 Å².